The van der Waals surface area contributed by atoms with Gasteiger partial charge in [-0.3, -0.25) is 0 Å². The lowest BCUT2D eigenvalue weighted by Gasteiger charge is -2.07. The minimum Gasteiger partial charge on any atom is -0.495 e. The van der Waals surface area contributed by atoms with E-state index in [9.17, 15) is 0 Å². The van der Waals surface area contributed by atoms with Gasteiger partial charge in [0.15, 0.2) is 0 Å². The normalized spacial score (nSPS) is 10.4. The number of hydrogen-bond donors (Lipinski definition) is 2. The van der Waals surface area contributed by atoms with Crippen LogP contribution in [-0.2, 0) is 6.42 Å². The maximum Gasteiger partial charge on any atom is 0.141 e. The predicted molar refractivity (Wildman–Crippen MR) is 68.9 cm³/mol. The van der Waals surface area contributed by atoms with E-state index >= 15 is 0 Å². The highest BCUT2D eigenvalue weighted by Gasteiger charge is 2.00. The maximum atomic E-state index is 5.84. The van der Waals surface area contributed by atoms with Crippen molar-refractivity contribution < 1.29 is 4.74 Å². The van der Waals surface area contributed by atoms with E-state index in [4.69, 9.17) is 10.5 Å². The molecule has 3 nitrogen and oxygen atoms in total. The topological polar surface area (TPSA) is 47.3 Å². The number of methoxy groups -OCH3 is 1. The van der Waals surface area contributed by atoms with E-state index in [-0.39, 0.29) is 0 Å². The quantitative estimate of drug-likeness (QED) is 0.549. The van der Waals surface area contributed by atoms with Gasteiger partial charge in [-0.15, -0.1) is 0 Å². The predicted octanol–water partition coefficient (Wildman–Crippen LogP) is 2.21. The number of nitrogens with one attached hydrogen (secondary N) is 1. The zero-order chi connectivity index (χ0) is 11.8. The molecule has 0 saturated heterocycles. The molecule has 3 N–H and O–H groups in total. The van der Waals surface area contributed by atoms with Crippen molar-refractivity contribution >= 4 is 5.69 Å². The molecule has 90 valence electrons. The van der Waals surface area contributed by atoms with Crippen LogP contribution in [0.3, 0.4) is 0 Å². The Balaban J connectivity index is 2.34. The second-order valence-electron chi connectivity index (χ2n) is 3.93. The van der Waals surface area contributed by atoms with Gasteiger partial charge in [-0.05, 0) is 50.0 Å². The molecular weight excluding hydrogens is 200 g/mol. The van der Waals surface area contributed by atoms with Crippen LogP contribution in [0.5, 0.6) is 5.75 Å². The van der Waals surface area contributed by atoms with Gasteiger partial charge in [0.25, 0.3) is 0 Å². The van der Waals surface area contributed by atoms with Crippen LogP contribution in [0.15, 0.2) is 18.2 Å². The largest absolute Gasteiger partial charge is 0.495 e. The average molecular weight is 222 g/mol. The summed E-state index contributed by atoms with van der Waals surface area (Å²) in [5.74, 6) is 0.757. The number of ether oxygens (including phenoxy) is 1. The molecule has 0 aliphatic rings. The third-order valence-electron chi connectivity index (χ3n) is 2.54. The molecule has 0 aliphatic carbocycles. The fourth-order valence-corrected chi connectivity index (χ4v) is 1.66. The van der Waals surface area contributed by atoms with Crippen LogP contribution in [0, 0.1) is 0 Å². The number of nitrogen functional groups attached to an aromatic ring is 1. The smallest absolute Gasteiger partial charge is 0.141 e. The highest BCUT2D eigenvalue weighted by molar-refractivity contribution is 5.54. The maximum absolute atomic E-state index is 5.84. The number of benzene rings is 1. The molecule has 0 bridgehead atoms. The Hall–Kier alpha value is -1.22. The zero-order valence-corrected chi connectivity index (χ0v) is 10.3. The van der Waals surface area contributed by atoms with Crippen molar-refractivity contribution in [2.75, 3.05) is 25.9 Å². The monoisotopic (exact) mass is 222 g/mol. The molecule has 0 atom stereocenters. The van der Waals surface area contributed by atoms with Crippen LogP contribution < -0.4 is 15.8 Å². The van der Waals surface area contributed by atoms with E-state index < -0.39 is 0 Å². The molecule has 0 aromatic heterocycles. The minimum atomic E-state index is 0.724. The second-order valence-corrected chi connectivity index (χ2v) is 3.93. The zero-order valence-electron chi connectivity index (χ0n) is 10.3. The van der Waals surface area contributed by atoms with Gasteiger partial charge in [-0.2, -0.15) is 0 Å². The lowest BCUT2D eigenvalue weighted by Crippen LogP contribution is -2.16. The molecule has 0 unspecified atom stereocenters. The molecule has 0 amide bonds. The summed E-state index contributed by atoms with van der Waals surface area (Å²) in [7, 11) is 1.64. The Kier molecular flexibility index (Phi) is 5.72. The molecule has 1 aromatic carbocycles. The summed E-state index contributed by atoms with van der Waals surface area (Å²) in [6, 6.07) is 6.01. The third-order valence-corrected chi connectivity index (χ3v) is 2.54. The standard InChI is InChI=1S/C13H22N2O/c1-3-8-15-9-4-5-11-6-7-13(16-2)12(14)10-11/h6-7,10,15H,3-5,8-9,14H2,1-2H3. The molecule has 1 rings (SSSR count). The van der Waals surface area contributed by atoms with Crippen LogP contribution in [0.4, 0.5) is 5.69 Å². The van der Waals surface area contributed by atoms with Crippen LogP contribution >= 0.6 is 0 Å². The summed E-state index contributed by atoms with van der Waals surface area (Å²) in [4.78, 5) is 0. The molecule has 0 aliphatic heterocycles. The number of aryl methyl sites for hydroxylation is 1. The molecule has 0 heterocycles. The summed E-state index contributed by atoms with van der Waals surface area (Å²) in [5, 5.41) is 3.39. The average Bonchev–Trinajstić information content (AvgIpc) is 2.29. The van der Waals surface area contributed by atoms with Crippen LogP contribution in [0.1, 0.15) is 25.3 Å². The summed E-state index contributed by atoms with van der Waals surface area (Å²) in [6.07, 6.45) is 3.40. The SMILES string of the molecule is CCCNCCCc1ccc(OC)c(N)c1. The molecule has 3 heteroatoms. The summed E-state index contributed by atoms with van der Waals surface area (Å²) in [6.45, 7) is 4.35. The van der Waals surface area contributed by atoms with E-state index in [1.807, 2.05) is 12.1 Å². The molecule has 0 fully saturated rings. The molecule has 0 saturated carbocycles. The summed E-state index contributed by atoms with van der Waals surface area (Å²) < 4.78 is 5.12. The second kappa shape index (κ2) is 7.12. The first-order valence-corrected chi connectivity index (χ1v) is 5.91. The van der Waals surface area contributed by atoms with Crippen molar-refractivity contribution in [2.45, 2.75) is 26.2 Å². The van der Waals surface area contributed by atoms with Gasteiger partial charge in [-0.1, -0.05) is 13.0 Å². The van der Waals surface area contributed by atoms with Gasteiger partial charge < -0.3 is 15.8 Å². The van der Waals surface area contributed by atoms with Gasteiger partial charge >= 0.3 is 0 Å². The van der Waals surface area contributed by atoms with Crippen molar-refractivity contribution in [3.8, 4) is 5.75 Å². The van der Waals surface area contributed by atoms with Crippen molar-refractivity contribution in [1.82, 2.24) is 5.32 Å². The van der Waals surface area contributed by atoms with Crippen molar-refractivity contribution in [1.29, 1.82) is 0 Å². The fraction of sp³-hybridized carbons (Fsp3) is 0.538. The van der Waals surface area contributed by atoms with Gasteiger partial charge in [0.1, 0.15) is 5.75 Å². The molecule has 0 radical (unpaired) electrons. The Labute approximate surface area is 98.0 Å². The first kappa shape index (κ1) is 12.8. The Morgan fingerprint density at radius 1 is 1.31 bits per heavy atom. The van der Waals surface area contributed by atoms with E-state index in [0.717, 1.165) is 37.4 Å². The van der Waals surface area contributed by atoms with E-state index in [0.29, 0.717) is 0 Å². The first-order chi connectivity index (χ1) is 7.77. The van der Waals surface area contributed by atoms with E-state index in [2.05, 4.69) is 18.3 Å². The highest BCUT2D eigenvalue weighted by Crippen LogP contribution is 2.22. The van der Waals surface area contributed by atoms with Crippen molar-refractivity contribution in [3.05, 3.63) is 23.8 Å². The highest BCUT2D eigenvalue weighted by atomic mass is 16.5. The number of rotatable bonds is 7. The number of anilines is 1. The number of nitrogens with two attached hydrogens (primary N) is 1. The lowest BCUT2D eigenvalue weighted by atomic mass is 10.1. The molecular formula is C13H22N2O. The lowest BCUT2D eigenvalue weighted by molar-refractivity contribution is 0.417. The van der Waals surface area contributed by atoms with Crippen LogP contribution in [-0.4, -0.2) is 20.2 Å². The van der Waals surface area contributed by atoms with Gasteiger partial charge in [0, 0.05) is 0 Å². The van der Waals surface area contributed by atoms with Crippen molar-refractivity contribution in [2.24, 2.45) is 0 Å². The van der Waals surface area contributed by atoms with Gasteiger partial charge in [-0.25, -0.2) is 0 Å². The Bertz CT molecular complexity index is 313. The summed E-state index contributed by atoms with van der Waals surface area (Å²) >= 11 is 0. The van der Waals surface area contributed by atoms with Gasteiger partial charge in [0.05, 0.1) is 12.8 Å². The fourth-order valence-electron chi connectivity index (χ4n) is 1.66. The number of hydrogen-bond acceptors (Lipinski definition) is 3. The first-order valence-electron chi connectivity index (χ1n) is 5.91. The minimum absolute atomic E-state index is 0.724. The Morgan fingerprint density at radius 2 is 2.12 bits per heavy atom. The van der Waals surface area contributed by atoms with E-state index in [1.165, 1.54) is 12.0 Å². The Morgan fingerprint density at radius 3 is 2.75 bits per heavy atom. The van der Waals surface area contributed by atoms with Crippen molar-refractivity contribution in [3.63, 3.8) is 0 Å². The van der Waals surface area contributed by atoms with Crippen LogP contribution in [0.25, 0.3) is 0 Å². The summed E-state index contributed by atoms with van der Waals surface area (Å²) in [5.41, 5.74) is 7.84. The third kappa shape index (κ3) is 4.11. The molecule has 1 aromatic rings. The van der Waals surface area contributed by atoms with Gasteiger partial charge in [0.2, 0.25) is 0 Å². The van der Waals surface area contributed by atoms with E-state index in [1.54, 1.807) is 7.11 Å². The molecule has 16 heavy (non-hydrogen) atoms. The molecule has 0 spiro atoms. The van der Waals surface area contributed by atoms with Crippen LogP contribution in [0.2, 0.25) is 0 Å².